The molecule has 0 radical (unpaired) electrons. The van der Waals surface area contributed by atoms with Crippen LogP contribution >= 0.6 is 0 Å². The molecule has 1 aromatic carbocycles. The van der Waals surface area contributed by atoms with Crippen molar-refractivity contribution in [2.24, 2.45) is 0 Å². The van der Waals surface area contributed by atoms with Crippen LogP contribution in [0.5, 0.6) is 0 Å². The summed E-state index contributed by atoms with van der Waals surface area (Å²) in [6.45, 7) is 0. The maximum Gasteiger partial charge on any atom is 0.237 e. The van der Waals surface area contributed by atoms with E-state index in [0.717, 1.165) is 27.9 Å². The fraction of sp³-hybridized carbons (Fsp3) is 0.176. The van der Waals surface area contributed by atoms with E-state index in [1.807, 2.05) is 42.6 Å². The molecule has 2 amide bonds. The van der Waals surface area contributed by atoms with Gasteiger partial charge in [0.2, 0.25) is 11.8 Å². The van der Waals surface area contributed by atoms with Gasteiger partial charge in [0, 0.05) is 36.1 Å². The van der Waals surface area contributed by atoms with Crippen molar-refractivity contribution >= 4 is 22.7 Å². The zero-order valence-corrected chi connectivity index (χ0v) is 12.1. The minimum absolute atomic E-state index is 0.127. The first-order valence-electron chi connectivity index (χ1n) is 7.21. The molecule has 0 saturated carbocycles. The molecule has 1 saturated heterocycles. The van der Waals surface area contributed by atoms with Crippen LogP contribution in [0.4, 0.5) is 0 Å². The van der Waals surface area contributed by atoms with E-state index in [4.69, 9.17) is 0 Å². The Morgan fingerprint density at radius 3 is 2.64 bits per heavy atom. The van der Waals surface area contributed by atoms with Crippen LogP contribution in [-0.4, -0.2) is 33.7 Å². The fourth-order valence-electron chi connectivity index (χ4n) is 3.20. The lowest BCUT2D eigenvalue weighted by molar-refractivity contribution is -0.137. The number of hydrogen-bond donors (Lipinski definition) is 2. The van der Waals surface area contributed by atoms with Gasteiger partial charge in [-0.1, -0.05) is 18.2 Å². The van der Waals surface area contributed by atoms with Crippen molar-refractivity contribution in [1.29, 1.82) is 0 Å². The lowest BCUT2D eigenvalue weighted by atomic mass is 9.93. The number of aromatic nitrogens is 2. The number of H-pyrrole nitrogens is 2. The number of amides is 2. The molecule has 1 aliphatic heterocycles. The molecular formula is C17H15N3O2. The van der Waals surface area contributed by atoms with Gasteiger partial charge in [0.1, 0.15) is 0 Å². The number of fused-ring (bicyclic) bond motifs is 1. The van der Waals surface area contributed by atoms with Crippen molar-refractivity contribution in [2.75, 3.05) is 7.05 Å². The Morgan fingerprint density at radius 1 is 1.14 bits per heavy atom. The van der Waals surface area contributed by atoms with Crippen molar-refractivity contribution in [2.45, 2.75) is 12.3 Å². The molecule has 0 spiro atoms. The van der Waals surface area contributed by atoms with Crippen molar-refractivity contribution in [3.63, 3.8) is 0 Å². The summed E-state index contributed by atoms with van der Waals surface area (Å²) < 4.78 is 0. The highest BCUT2D eigenvalue weighted by atomic mass is 16.2. The summed E-state index contributed by atoms with van der Waals surface area (Å²) in [5.41, 5.74) is 3.67. The smallest absolute Gasteiger partial charge is 0.237 e. The van der Waals surface area contributed by atoms with Crippen molar-refractivity contribution in [3.05, 3.63) is 48.2 Å². The first kappa shape index (κ1) is 12.9. The summed E-state index contributed by atoms with van der Waals surface area (Å²) in [6, 6.07) is 11.7. The Hall–Kier alpha value is -2.82. The average Bonchev–Trinajstić information content (AvgIpc) is 3.22. The third kappa shape index (κ3) is 1.72. The zero-order valence-electron chi connectivity index (χ0n) is 12.1. The van der Waals surface area contributed by atoms with E-state index >= 15 is 0 Å². The van der Waals surface area contributed by atoms with Crippen LogP contribution in [0.3, 0.4) is 0 Å². The quantitative estimate of drug-likeness (QED) is 0.713. The number of carbonyl (C=O) groups excluding carboxylic acids is 2. The van der Waals surface area contributed by atoms with Gasteiger partial charge in [0.05, 0.1) is 17.3 Å². The predicted octanol–water partition coefficient (Wildman–Crippen LogP) is 2.64. The molecule has 4 rings (SSSR count). The lowest BCUT2D eigenvalue weighted by Crippen LogP contribution is -2.25. The lowest BCUT2D eigenvalue weighted by Gasteiger charge is -2.10. The molecule has 0 aliphatic carbocycles. The van der Waals surface area contributed by atoms with Gasteiger partial charge in [0.25, 0.3) is 0 Å². The molecule has 2 N–H and O–H groups in total. The molecular weight excluding hydrogens is 278 g/mol. The average molecular weight is 293 g/mol. The third-order valence-electron chi connectivity index (χ3n) is 4.34. The van der Waals surface area contributed by atoms with Crippen molar-refractivity contribution in [3.8, 4) is 11.4 Å². The summed E-state index contributed by atoms with van der Waals surface area (Å²) in [5, 5.41) is 0.994. The molecule has 1 aliphatic rings. The van der Waals surface area contributed by atoms with Gasteiger partial charge < -0.3 is 9.97 Å². The number of benzene rings is 1. The number of carbonyl (C=O) groups is 2. The van der Waals surface area contributed by atoms with E-state index in [9.17, 15) is 9.59 Å². The SMILES string of the molecule is CN1C(=O)CC(c2c(-c3ccc[nH]3)[nH]c3ccccc23)C1=O. The summed E-state index contributed by atoms with van der Waals surface area (Å²) in [6.07, 6.45) is 2.07. The maximum atomic E-state index is 12.5. The van der Waals surface area contributed by atoms with E-state index in [0.29, 0.717) is 0 Å². The maximum absolute atomic E-state index is 12.5. The van der Waals surface area contributed by atoms with Crippen LogP contribution in [0, 0.1) is 0 Å². The van der Waals surface area contributed by atoms with E-state index < -0.39 is 5.92 Å². The van der Waals surface area contributed by atoms with Crippen molar-refractivity contribution in [1.82, 2.24) is 14.9 Å². The molecule has 1 unspecified atom stereocenters. The second-order valence-corrected chi connectivity index (χ2v) is 5.59. The van der Waals surface area contributed by atoms with Gasteiger partial charge in [-0.05, 0) is 18.2 Å². The number of nitrogens with zero attached hydrogens (tertiary/aromatic N) is 1. The monoisotopic (exact) mass is 293 g/mol. The Balaban J connectivity index is 1.98. The van der Waals surface area contributed by atoms with Gasteiger partial charge in [-0.3, -0.25) is 14.5 Å². The van der Waals surface area contributed by atoms with Crippen LogP contribution in [-0.2, 0) is 9.59 Å². The Labute approximate surface area is 126 Å². The minimum Gasteiger partial charge on any atom is -0.360 e. The largest absolute Gasteiger partial charge is 0.360 e. The van der Waals surface area contributed by atoms with Crippen molar-refractivity contribution < 1.29 is 9.59 Å². The van der Waals surface area contributed by atoms with Crippen LogP contribution in [0.1, 0.15) is 17.9 Å². The van der Waals surface area contributed by atoms with Gasteiger partial charge in [0.15, 0.2) is 0 Å². The summed E-state index contributed by atoms with van der Waals surface area (Å²) in [7, 11) is 1.55. The second-order valence-electron chi connectivity index (χ2n) is 5.59. The Kier molecular flexibility index (Phi) is 2.69. The van der Waals surface area contributed by atoms with E-state index in [1.165, 1.54) is 4.90 Å². The van der Waals surface area contributed by atoms with Crippen LogP contribution < -0.4 is 0 Å². The first-order valence-corrected chi connectivity index (χ1v) is 7.21. The normalized spacial score (nSPS) is 18.6. The molecule has 22 heavy (non-hydrogen) atoms. The number of likely N-dealkylation sites (N-methyl/N-ethyl adjacent to an activating group) is 1. The van der Waals surface area contributed by atoms with Gasteiger partial charge >= 0.3 is 0 Å². The topological polar surface area (TPSA) is 69.0 Å². The summed E-state index contributed by atoms with van der Waals surface area (Å²) in [4.78, 5) is 32.2. The highest BCUT2D eigenvalue weighted by Gasteiger charge is 2.39. The Bertz CT molecular complexity index is 877. The molecule has 5 nitrogen and oxygen atoms in total. The van der Waals surface area contributed by atoms with Gasteiger partial charge in [-0.25, -0.2) is 0 Å². The number of imide groups is 1. The highest BCUT2D eigenvalue weighted by molar-refractivity contribution is 6.09. The van der Waals surface area contributed by atoms with Gasteiger partial charge in [-0.2, -0.15) is 0 Å². The number of rotatable bonds is 2. The molecule has 3 heterocycles. The number of para-hydroxylation sites is 1. The first-order chi connectivity index (χ1) is 10.7. The van der Waals surface area contributed by atoms with Gasteiger partial charge in [-0.15, -0.1) is 0 Å². The summed E-state index contributed by atoms with van der Waals surface area (Å²) >= 11 is 0. The van der Waals surface area contributed by atoms with E-state index in [-0.39, 0.29) is 18.2 Å². The van der Waals surface area contributed by atoms with Crippen LogP contribution in [0.2, 0.25) is 0 Å². The molecule has 2 aromatic heterocycles. The predicted molar refractivity (Wildman–Crippen MR) is 83.2 cm³/mol. The molecule has 110 valence electrons. The molecule has 0 bridgehead atoms. The number of hydrogen-bond acceptors (Lipinski definition) is 2. The van der Waals surface area contributed by atoms with Crippen LogP contribution in [0.25, 0.3) is 22.3 Å². The highest BCUT2D eigenvalue weighted by Crippen LogP contribution is 2.39. The number of nitrogens with one attached hydrogen (secondary N) is 2. The fourth-order valence-corrected chi connectivity index (χ4v) is 3.20. The number of likely N-dealkylation sites (tertiary alicyclic amines) is 1. The summed E-state index contributed by atoms with van der Waals surface area (Å²) in [5.74, 6) is -0.688. The van der Waals surface area contributed by atoms with E-state index in [2.05, 4.69) is 9.97 Å². The molecule has 1 fully saturated rings. The molecule has 3 aromatic rings. The minimum atomic E-state index is -0.424. The zero-order chi connectivity index (χ0) is 15.3. The van der Waals surface area contributed by atoms with Crippen LogP contribution in [0.15, 0.2) is 42.6 Å². The molecule has 1 atom stereocenters. The third-order valence-corrected chi connectivity index (χ3v) is 4.34. The van der Waals surface area contributed by atoms with E-state index in [1.54, 1.807) is 7.05 Å². The second kappa shape index (κ2) is 4.59. The standard InChI is InChI=1S/C17H15N3O2/c1-20-14(21)9-11(17(20)22)15-10-5-2-3-6-12(10)19-16(15)13-7-4-8-18-13/h2-8,11,18-19H,9H2,1H3. The molecule has 5 heteroatoms. The number of aromatic amines is 2. The Morgan fingerprint density at radius 2 is 1.95 bits per heavy atom.